The summed E-state index contributed by atoms with van der Waals surface area (Å²) < 4.78 is 31.0. The highest BCUT2D eigenvalue weighted by molar-refractivity contribution is 7.91. The molecule has 0 unspecified atom stereocenters. The number of hydrogen-bond acceptors (Lipinski definition) is 13. The van der Waals surface area contributed by atoms with E-state index in [1.807, 2.05) is 0 Å². The van der Waals surface area contributed by atoms with Crippen molar-refractivity contribution >= 4 is 33.9 Å². The molecule has 4 saturated heterocycles. The molecule has 2 amide bonds. The zero-order valence-corrected chi connectivity index (χ0v) is 83.1. The van der Waals surface area contributed by atoms with Crippen LogP contribution in [-0.2, 0) is 33.8 Å². The average Bonchev–Trinajstić information content (AvgIpc) is 0.788. The van der Waals surface area contributed by atoms with E-state index < -0.39 is 9.84 Å². The molecule has 15 nitrogen and oxygen atoms in total. The van der Waals surface area contributed by atoms with E-state index in [4.69, 9.17) is 10.00 Å². The summed E-state index contributed by atoms with van der Waals surface area (Å²) in [5.41, 5.74) is -0.182. The molecule has 4 aliphatic heterocycles. The molecule has 696 valence electrons. The first kappa shape index (κ1) is 113. The minimum Gasteiger partial charge on any atom is -0.462 e. The number of carbonyl (C=O) groups excluding carboxylic acids is 4. The third kappa shape index (κ3) is 49.9. The molecule has 0 saturated carbocycles. The molecule has 118 heavy (non-hydrogen) atoms. The van der Waals surface area contributed by atoms with E-state index in [1.165, 1.54) is 251 Å². The Kier molecular flexibility index (Phi) is 59.2. The molecule has 0 aromatic carbocycles. The van der Waals surface area contributed by atoms with Crippen molar-refractivity contribution in [3.05, 3.63) is 0 Å². The van der Waals surface area contributed by atoms with Crippen LogP contribution in [0, 0.1) is 17.2 Å². The molecule has 4 rings (SSSR count). The van der Waals surface area contributed by atoms with Gasteiger partial charge in [-0.15, -0.1) is 0 Å². The van der Waals surface area contributed by atoms with Gasteiger partial charge in [0, 0.05) is 122 Å². The van der Waals surface area contributed by atoms with E-state index in [2.05, 4.69) is 181 Å². The van der Waals surface area contributed by atoms with Crippen LogP contribution in [0.15, 0.2) is 0 Å². The number of rotatable bonds is 60. The molecule has 0 aliphatic carbocycles. The Labute approximate surface area is 733 Å². The van der Waals surface area contributed by atoms with Crippen LogP contribution in [0.5, 0.6) is 0 Å². The number of nitriles is 1. The summed E-state index contributed by atoms with van der Waals surface area (Å²) in [4.78, 5) is 60.4. The zero-order chi connectivity index (χ0) is 88.8. The summed E-state index contributed by atoms with van der Waals surface area (Å²) in [5.74, 6) is 1.71. The monoisotopic (exact) mass is 1680 g/mol. The van der Waals surface area contributed by atoms with E-state index in [1.54, 1.807) is 0 Å². The Morgan fingerprint density at radius 1 is 0.424 bits per heavy atom. The van der Waals surface area contributed by atoms with E-state index in [-0.39, 0.29) is 86.1 Å². The fraction of sp³-hybridized carbons (Fsp3) is 0.951. The van der Waals surface area contributed by atoms with Crippen LogP contribution in [0.4, 0.5) is 0 Å². The molecule has 0 spiro atoms. The Hall–Kier alpha value is -2.68. The van der Waals surface area contributed by atoms with Gasteiger partial charge in [-0.25, -0.2) is 8.42 Å². The molecule has 0 aromatic heterocycles. The number of aliphatic hydroxyl groups excluding tert-OH is 1. The lowest BCUT2D eigenvalue weighted by atomic mass is 9.72. The van der Waals surface area contributed by atoms with Crippen molar-refractivity contribution in [1.82, 2.24) is 29.8 Å². The van der Waals surface area contributed by atoms with Crippen molar-refractivity contribution in [1.29, 1.82) is 5.26 Å². The van der Waals surface area contributed by atoms with Gasteiger partial charge in [-0.3, -0.25) is 34.0 Å². The minimum absolute atomic E-state index is 0.0236. The summed E-state index contributed by atoms with van der Waals surface area (Å²) >= 11 is 0. The molecule has 0 bridgehead atoms. The number of carbonyl (C=O) groups is 4. The Bertz CT molecular complexity index is 2650. The van der Waals surface area contributed by atoms with Gasteiger partial charge in [0.2, 0.25) is 11.8 Å². The fourth-order valence-electron chi connectivity index (χ4n) is 21.7. The van der Waals surface area contributed by atoms with Crippen LogP contribution in [0.25, 0.3) is 0 Å². The van der Waals surface area contributed by atoms with E-state index in [0.717, 1.165) is 128 Å². The van der Waals surface area contributed by atoms with E-state index >= 15 is 0 Å². The lowest BCUT2D eigenvalue weighted by Gasteiger charge is -2.55. The van der Waals surface area contributed by atoms with Gasteiger partial charge < -0.3 is 24.9 Å². The minimum atomic E-state index is -2.99. The van der Waals surface area contributed by atoms with Crippen molar-refractivity contribution in [2.24, 2.45) is 5.92 Å². The number of hydrogen-bond donors (Lipinski definition) is 2. The number of sulfone groups is 1. The lowest BCUT2D eigenvalue weighted by Crippen LogP contribution is -2.64. The summed E-state index contributed by atoms with van der Waals surface area (Å²) in [6.45, 7) is 53.4. The van der Waals surface area contributed by atoms with Gasteiger partial charge in [-0.2, -0.15) is 5.26 Å². The van der Waals surface area contributed by atoms with Crippen LogP contribution in [0.1, 0.15) is 505 Å². The number of likely N-dealkylation sites (tertiary alicyclic amines) is 4. The predicted octanol–water partition coefficient (Wildman–Crippen LogP) is 26.4. The van der Waals surface area contributed by atoms with Gasteiger partial charge in [-0.1, -0.05) is 285 Å². The van der Waals surface area contributed by atoms with E-state index in [9.17, 15) is 32.7 Å². The standard InChI is InChI=1S/C33H66N2O3S.C33H64N2O3.C24H46N2.C12H23NO2/c1-7-9-11-13-15-16-17-18-20-22-26-39(37,38)27-23-25-35-32(3,4)28-30(29-33(35,5)6)34-31(36)24-21-19-14-12-10-8-2;1-8-10-12-14-16-18-20-22-24-34(25-23-21-19-17-15-13-11-9-2)31(37)28-35-32(4,5)26-30(38-29(3)36)27-33(35,6)7;1-6-7-8-9-10-11-12-13-14-15-17-22-20-23(2,3)26(19-16-18-25)24(4,5)21-22;1-11(2)8-10(15)9-12(3,4)13(11)6-5-7-14/h30H,7-29H2,1-6H3,(H,34,36);30H,8-28H2,1-7H3;22H,6-17,19-21H2,1-5H3;7,10,15H,5-6,8-9H2,1-4H3. The molecular formula is C102H199N7O8S. The van der Waals surface area contributed by atoms with Crippen LogP contribution >= 0.6 is 0 Å². The molecular weight excluding hydrogens is 1480 g/mol. The molecule has 16 heteroatoms. The number of aldehydes is 1. The molecule has 0 aromatic rings. The van der Waals surface area contributed by atoms with Crippen molar-refractivity contribution in [3.8, 4) is 6.07 Å². The van der Waals surface area contributed by atoms with Crippen molar-refractivity contribution in [2.45, 2.75) is 568 Å². The normalized spacial score (nSPS) is 19.3. The van der Waals surface area contributed by atoms with Gasteiger partial charge in [-0.05, 0) is 187 Å². The van der Waals surface area contributed by atoms with Crippen molar-refractivity contribution < 1.29 is 37.4 Å². The van der Waals surface area contributed by atoms with Gasteiger partial charge in [0.15, 0.2) is 0 Å². The third-order valence-corrected chi connectivity index (χ3v) is 28.9. The quantitative estimate of drug-likeness (QED) is 0.0333. The molecule has 4 fully saturated rings. The zero-order valence-electron chi connectivity index (χ0n) is 82.3. The second-order valence-electron chi connectivity index (χ2n) is 42.6. The number of esters is 1. The molecule has 0 atom stereocenters. The number of amides is 2. The number of ether oxygens (including phenoxy) is 1. The molecule has 4 aliphatic rings. The maximum atomic E-state index is 13.7. The number of nitrogens with zero attached hydrogens (tertiary/aromatic N) is 6. The number of aliphatic hydroxyl groups is 1. The van der Waals surface area contributed by atoms with Crippen LogP contribution in [0.2, 0.25) is 0 Å². The number of nitrogens with one attached hydrogen (secondary N) is 1. The summed E-state index contributed by atoms with van der Waals surface area (Å²) in [7, 11) is -2.99. The summed E-state index contributed by atoms with van der Waals surface area (Å²) in [6.07, 6.45) is 66.3. The van der Waals surface area contributed by atoms with Crippen LogP contribution in [-0.4, -0.2) is 175 Å². The van der Waals surface area contributed by atoms with Gasteiger partial charge in [0.25, 0.3) is 0 Å². The fourth-order valence-corrected chi connectivity index (χ4v) is 23.1. The first-order valence-electron chi connectivity index (χ1n) is 50.1. The first-order valence-corrected chi connectivity index (χ1v) is 52.0. The van der Waals surface area contributed by atoms with E-state index in [0.29, 0.717) is 38.0 Å². The SMILES string of the molecule is CC1(C)CC(O)CC(C)(C)N1CCC=O.CCCCCCCCCCCCC1CC(C)(C)N(CCC#N)C(C)(C)C1.CCCCCCCCCCCCS(=O)(=O)CCCN1C(C)(C)CC(NC(=O)CCCCCCCC)CC1(C)C.CCCCCCCCCCN(CCCCCCCCCC)C(=O)CN1C(C)(C)CC(OC(C)=O)CC1(C)C. The van der Waals surface area contributed by atoms with Gasteiger partial charge >= 0.3 is 5.97 Å². The van der Waals surface area contributed by atoms with Crippen LogP contribution < -0.4 is 5.32 Å². The number of unbranched alkanes of at least 4 members (excludes halogenated alkanes) is 37. The maximum absolute atomic E-state index is 13.7. The second-order valence-corrected chi connectivity index (χ2v) is 44.9. The highest BCUT2D eigenvalue weighted by atomic mass is 32.2. The Balaban J connectivity index is 0.000000824. The highest BCUT2D eigenvalue weighted by Gasteiger charge is 2.50. The van der Waals surface area contributed by atoms with Gasteiger partial charge in [0.1, 0.15) is 22.2 Å². The Morgan fingerprint density at radius 3 is 1.13 bits per heavy atom. The molecule has 2 N–H and O–H groups in total. The van der Waals surface area contributed by atoms with Crippen LogP contribution in [0.3, 0.4) is 0 Å². The maximum Gasteiger partial charge on any atom is 0.302 e. The average molecular weight is 1680 g/mol. The second kappa shape index (κ2) is 61.6. The largest absolute Gasteiger partial charge is 0.462 e. The predicted molar refractivity (Wildman–Crippen MR) is 506 cm³/mol. The molecule has 4 heterocycles. The van der Waals surface area contributed by atoms with Gasteiger partial charge in [0.05, 0.1) is 30.2 Å². The van der Waals surface area contributed by atoms with Crippen molar-refractivity contribution in [2.75, 3.05) is 50.8 Å². The Morgan fingerprint density at radius 2 is 0.746 bits per heavy atom. The third-order valence-electron chi connectivity index (χ3n) is 27.0. The lowest BCUT2D eigenvalue weighted by molar-refractivity contribution is -0.161. The summed E-state index contributed by atoms with van der Waals surface area (Å²) in [6, 6.07) is 2.51. The molecule has 0 radical (unpaired) electrons. The highest BCUT2D eigenvalue weighted by Crippen LogP contribution is 2.45. The number of piperidine rings is 4. The smallest absolute Gasteiger partial charge is 0.302 e. The topological polar surface area (TPSA) is 184 Å². The summed E-state index contributed by atoms with van der Waals surface area (Å²) in [5, 5.41) is 22.1. The van der Waals surface area contributed by atoms with Crippen molar-refractivity contribution in [3.63, 3.8) is 0 Å². The first-order chi connectivity index (χ1) is 55.6.